The van der Waals surface area contributed by atoms with Gasteiger partial charge in [-0.25, -0.2) is 9.78 Å². The van der Waals surface area contributed by atoms with Crippen molar-refractivity contribution >= 4 is 65.9 Å². The SMILES string of the molecule is Cc1c(Cl)ccc2sc(N3CCN(CCNC(=O)c4cc5c(ccc6ccccc65)oc4=O)CC3)nc12. The average molecular weight is 533 g/mol. The number of benzene rings is 3. The van der Waals surface area contributed by atoms with Gasteiger partial charge in [-0.15, -0.1) is 0 Å². The van der Waals surface area contributed by atoms with Crippen molar-refractivity contribution in [1.29, 1.82) is 0 Å². The molecule has 0 saturated carbocycles. The number of nitrogens with zero attached hydrogens (tertiary/aromatic N) is 3. The Balaban J connectivity index is 1.07. The fourth-order valence-corrected chi connectivity index (χ4v) is 6.07. The largest absolute Gasteiger partial charge is 0.422 e. The first-order chi connectivity index (χ1) is 18.0. The Bertz CT molecular complexity index is 1710. The number of hydrogen-bond acceptors (Lipinski definition) is 7. The molecule has 5 aromatic rings. The van der Waals surface area contributed by atoms with Crippen LogP contribution in [0.15, 0.2) is 63.8 Å². The van der Waals surface area contributed by atoms with Crippen molar-refractivity contribution in [2.75, 3.05) is 44.2 Å². The number of fused-ring (bicyclic) bond motifs is 4. The highest BCUT2D eigenvalue weighted by Crippen LogP contribution is 2.33. The third-order valence-corrected chi connectivity index (χ3v) is 8.47. The van der Waals surface area contributed by atoms with Gasteiger partial charge in [0, 0.05) is 49.7 Å². The number of hydrogen-bond donors (Lipinski definition) is 1. The summed E-state index contributed by atoms with van der Waals surface area (Å²) in [6.07, 6.45) is 0. The van der Waals surface area contributed by atoms with Gasteiger partial charge < -0.3 is 14.6 Å². The summed E-state index contributed by atoms with van der Waals surface area (Å²) in [6.45, 7) is 6.63. The van der Waals surface area contributed by atoms with E-state index in [1.807, 2.05) is 49.4 Å². The van der Waals surface area contributed by atoms with Gasteiger partial charge in [0.1, 0.15) is 11.1 Å². The van der Waals surface area contributed by atoms with Crippen LogP contribution in [0.5, 0.6) is 0 Å². The van der Waals surface area contributed by atoms with Crippen LogP contribution in [0.4, 0.5) is 5.13 Å². The van der Waals surface area contributed by atoms with Crippen LogP contribution >= 0.6 is 22.9 Å². The number of thiazole rings is 1. The van der Waals surface area contributed by atoms with E-state index >= 15 is 0 Å². The van der Waals surface area contributed by atoms with E-state index in [2.05, 4.69) is 15.1 Å². The second kappa shape index (κ2) is 9.78. The minimum atomic E-state index is -0.624. The van der Waals surface area contributed by atoms with Gasteiger partial charge in [0.25, 0.3) is 5.91 Å². The molecule has 0 spiro atoms. The maximum absolute atomic E-state index is 12.8. The first kappa shape index (κ1) is 23.9. The third-order valence-electron chi connectivity index (χ3n) is 6.98. The molecule has 3 aromatic carbocycles. The summed E-state index contributed by atoms with van der Waals surface area (Å²) in [4.78, 5) is 34.8. The minimum absolute atomic E-state index is 0.0277. The Morgan fingerprint density at radius 3 is 2.73 bits per heavy atom. The van der Waals surface area contributed by atoms with E-state index in [1.54, 1.807) is 23.5 Å². The van der Waals surface area contributed by atoms with Gasteiger partial charge in [0.15, 0.2) is 5.13 Å². The Kier molecular flexibility index (Phi) is 6.32. The number of aryl methyl sites for hydroxylation is 1. The van der Waals surface area contributed by atoms with Crippen molar-refractivity contribution in [3.63, 3.8) is 0 Å². The maximum Gasteiger partial charge on any atom is 0.349 e. The van der Waals surface area contributed by atoms with E-state index < -0.39 is 11.5 Å². The molecule has 0 unspecified atom stereocenters. The molecule has 188 valence electrons. The van der Waals surface area contributed by atoms with Crippen molar-refractivity contribution in [2.24, 2.45) is 0 Å². The Labute approximate surface area is 222 Å². The Hall–Kier alpha value is -3.46. The maximum atomic E-state index is 12.8. The zero-order valence-corrected chi connectivity index (χ0v) is 21.9. The summed E-state index contributed by atoms with van der Waals surface area (Å²) in [6, 6.07) is 17.1. The molecule has 0 radical (unpaired) electrons. The number of amides is 1. The lowest BCUT2D eigenvalue weighted by Gasteiger charge is -2.34. The molecule has 37 heavy (non-hydrogen) atoms. The molecule has 3 heterocycles. The fourth-order valence-electron chi connectivity index (χ4n) is 4.84. The molecular formula is C28H25ClN4O3S. The van der Waals surface area contributed by atoms with Crippen LogP contribution in [0, 0.1) is 6.92 Å². The summed E-state index contributed by atoms with van der Waals surface area (Å²) in [7, 11) is 0. The highest BCUT2D eigenvalue weighted by molar-refractivity contribution is 7.22. The second-order valence-corrected chi connectivity index (χ2v) is 10.7. The van der Waals surface area contributed by atoms with Crippen molar-refractivity contribution < 1.29 is 9.21 Å². The monoisotopic (exact) mass is 532 g/mol. The zero-order chi connectivity index (χ0) is 25.5. The van der Waals surface area contributed by atoms with Crippen molar-refractivity contribution in [3.8, 4) is 0 Å². The molecular weight excluding hydrogens is 508 g/mol. The summed E-state index contributed by atoms with van der Waals surface area (Å²) in [5.74, 6) is -0.411. The number of carbonyl (C=O) groups is 1. The minimum Gasteiger partial charge on any atom is -0.422 e. The smallest absolute Gasteiger partial charge is 0.349 e. The van der Waals surface area contributed by atoms with Crippen LogP contribution in [0.1, 0.15) is 15.9 Å². The number of carbonyl (C=O) groups excluding carboxylic acids is 1. The first-order valence-corrected chi connectivity index (χ1v) is 13.4. The molecule has 7 nitrogen and oxygen atoms in total. The molecule has 1 saturated heterocycles. The summed E-state index contributed by atoms with van der Waals surface area (Å²) < 4.78 is 6.61. The quantitative estimate of drug-likeness (QED) is 0.251. The Morgan fingerprint density at radius 1 is 1.08 bits per heavy atom. The highest BCUT2D eigenvalue weighted by atomic mass is 35.5. The molecule has 1 N–H and O–H groups in total. The van der Waals surface area contributed by atoms with Crippen molar-refractivity contribution in [2.45, 2.75) is 6.92 Å². The lowest BCUT2D eigenvalue weighted by Crippen LogP contribution is -2.48. The number of anilines is 1. The molecule has 1 amide bonds. The molecule has 6 rings (SSSR count). The predicted molar refractivity (Wildman–Crippen MR) is 150 cm³/mol. The van der Waals surface area contributed by atoms with E-state index in [-0.39, 0.29) is 5.56 Å². The van der Waals surface area contributed by atoms with E-state index in [4.69, 9.17) is 21.0 Å². The van der Waals surface area contributed by atoms with Crippen molar-refractivity contribution in [1.82, 2.24) is 15.2 Å². The number of piperazine rings is 1. The normalized spacial score (nSPS) is 14.6. The lowest BCUT2D eigenvalue weighted by atomic mass is 10.0. The molecule has 9 heteroatoms. The van der Waals surface area contributed by atoms with Gasteiger partial charge in [-0.2, -0.15) is 0 Å². The second-order valence-electron chi connectivity index (χ2n) is 9.25. The predicted octanol–water partition coefficient (Wildman–Crippen LogP) is 5.07. The van der Waals surface area contributed by atoms with Gasteiger partial charge in [-0.3, -0.25) is 9.69 Å². The molecule has 1 aliphatic heterocycles. The highest BCUT2D eigenvalue weighted by Gasteiger charge is 2.21. The van der Waals surface area contributed by atoms with Crippen molar-refractivity contribution in [3.05, 3.63) is 81.2 Å². The summed E-state index contributed by atoms with van der Waals surface area (Å²) in [5.41, 5.74) is 1.87. The number of nitrogens with one attached hydrogen (secondary N) is 1. The average Bonchev–Trinajstić information content (AvgIpc) is 3.36. The molecule has 0 atom stereocenters. The molecule has 0 aliphatic carbocycles. The lowest BCUT2D eigenvalue weighted by molar-refractivity contribution is 0.0944. The van der Waals surface area contributed by atoms with Gasteiger partial charge in [-0.05, 0) is 47.5 Å². The number of aromatic nitrogens is 1. The van der Waals surface area contributed by atoms with Crippen LogP contribution in [-0.4, -0.2) is 55.1 Å². The number of halogens is 1. The molecule has 1 fully saturated rings. The molecule has 1 aliphatic rings. The van der Waals surface area contributed by atoms with Gasteiger partial charge >= 0.3 is 5.63 Å². The fraction of sp³-hybridized carbons (Fsp3) is 0.250. The van der Waals surface area contributed by atoms with Gasteiger partial charge in [-0.1, -0.05) is 53.3 Å². The van der Waals surface area contributed by atoms with Crippen LogP contribution < -0.4 is 15.8 Å². The first-order valence-electron chi connectivity index (χ1n) is 12.2. The third kappa shape index (κ3) is 4.56. The zero-order valence-electron chi connectivity index (χ0n) is 20.3. The van der Waals surface area contributed by atoms with Gasteiger partial charge in [0.05, 0.1) is 10.2 Å². The van der Waals surface area contributed by atoms with E-state index in [9.17, 15) is 9.59 Å². The standard InChI is InChI=1S/C28H25ClN4O3S/c1-17-22(29)7-9-24-25(17)31-28(37-24)33-14-12-32(13-15-33)11-10-30-26(34)21-16-20-19-5-3-2-4-18(19)6-8-23(20)36-27(21)35/h2-9,16H,10-15H2,1H3,(H,30,34). The van der Waals surface area contributed by atoms with Crippen LogP contribution in [0.2, 0.25) is 5.02 Å². The van der Waals surface area contributed by atoms with Crippen LogP contribution in [0.3, 0.4) is 0 Å². The van der Waals surface area contributed by atoms with E-state index in [0.717, 1.165) is 68.3 Å². The van der Waals surface area contributed by atoms with E-state index in [0.29, 0.717) is 18.7 Å². The van der Waals surface area contributed by atoms with Crippen LogP contribution in [-0.2, 0) is 0 Å². The topological polar surface area (TPSA) is 78.7 Å². The molecule has 2 aromatic heterocycles. The number of rotatable bonds is 5. The van der Waals surface area contributed by atoms with Crippen LogP contribution in [0.25, 0.3) is 32.0 Å². The van der Waals surface area contributed by atoms with E-state index in [1.165, 1.54) is 0 Å². The Morgan fingerprint density at radius 2 is 1.89 bits per heavy atom. The molecule has 0 bridgehead atoms. The van der Waals surface area contributed by atoms with Gasteiger partial charge in [0.2, 0.25) is 0 Å². The summed E-state index contributed by atoms with van der Waals surface area (Å²) in [5, 5.41) is 7.38. The summed E-state index contributed by atoms with van der Waals surface area (Å²) >= 11 is 7.95.